The summed E-state index contributed by atoms with van der Waals surface area (Å²) in [5.74, 6) is 0.556. The summed E-state index contributed by atoms with van der Waals surface area (Å²) in [7, 11) is 0. The fourth-order valence-corrected chi connectivity index (χ4v) is 3.98. The van der Waals surface area contributed by atoms with E-state index in [2.05, 4.69) is 9.59 Å². The van der Waals surface area contributed by atoms with Gasteiger partial charge in [-0.05, 0) is 42.9 Å². The summed E-state index contributed by atoms with van der Waals surface area (Å²) in [6, 6.07) is 3.55. The molecule has 1 amide bonds. The van der Waals surface area contributed by atoms with Crippen molar-refractivity contribution in [1.29, 1.82) is 0 Å². The number of aliphatic hydroxyl groups excluding tert-OH is 1. The Hall–Kier alpha value is -1.73. The minimum atomic E-state index is -0.691. The average molecular weight is 349 g/mol. The first kappa shape index (κ1) is 17.1. The van der Waals surface area contributed by atoms with Crippen molar-refractivity contribution in [1.82, 2.24) is 14.5 Å². The van der Waals surface area contributed by atoms with E-state index in [1.165, 1.54) is 11.5 Å². The summed E-state index contributed by atoms with van der Waals surface area (Å²) in [5.41, 5.74) is 0.763. The largest absolute Gasteiger partial charge is 0.467 e. The third kappa shape index (κ3) is 3.67. The van der Waals surface area contributed by atoms with E-state index in [0.717, 1.165) is 37.9 Å². The van der Waals surface area contributed by atoms with E-state index in [1.54, 1.807) is 18.4 Å². The Morgan fingerprint density at radius 1 is 1.50 bits per heavy atom. The van der Waals surface area contributed by atoms with Crippen molar-refractivity contribution in [3.05, 3.63) is 34.7 Å². The average Bonchev–Trinajstić information content (AvgIpc) is 3.23. The van der Waals surface area contributed by atoms with Crippen molar-refractivity contribution in [2.75, 3.05) is 6.54 Å². The second kappa shape index (κ2) is 7.90. The zero-order valence-electron chi connectivity index (χ0n) is 13.9. The molecule has 3 rings (SSSR count). The molecule has 0 radical (unpaired) electrons. The molecule has 0 saturated carbocycles. The molecular weight excluding hydrogens is 326 g/mol. The Labute approximate surface area is 145 Å². The van der Waals surface area contributed by atoms with Gasteiger partial charge in [-0.15, -0.1) is 5.10 Å². The minimum absolute atomic E-state index is 0.000366. The number of nitrogens with zero attached hydrogens (tertiary/aromatic N) is 3. The number of furan rings is 1. The predicted molar refractivity (Wildman–Crippen MR) is 90.9 cm³/mol. The van der Waals surface area contributed by atoms with Gasteiger partial charge in [-0.25, -0.2) is 0 Å². The van der Waals surface area contributed by atoms with Crippen LogP contribution in [0.1, 0.15) is 66.3 Å². The molecule has 2 aromatic rings. The minimum Gasteiger partial charge on any atom is -0.467 e. The lowest BCUT2D eigenvalue weighted by Gasteiger charge is -2.31. The smallest absolute Gasteiger partial charge is 0.267 e. The summed E-state index contributed by atoms with van der Waals surface area (Å²) >= 11 is 1.17. The first-order chi connectivity index (χ1) is 11.7. The van der Waals surface area contributed by atoms with Crippen molar-refractivity contribution in [2.24, 2.45) is 0 Å². The molecule has 3 heterocycles. The van der Waals surface area contributed by atoms with Crippen LogP contribution in [0.15, 0.2) is 22.8 Å². The maximum atomic E-state index is 13.0. The number of aliphatic hydroxyl groups is 1. The molecule has 7 heteroatoms. The van der Waals surface area contributed by atoms with Crippen LogP contribution in [-0.4, -0.2) is 38.1 Å². The molecule has 1 aliphatic rings. The normalized spacial score (nSPS) is 19.9. The van der Waals surface area contributed by atoms with Crippen LogP contribution < -0.4 is 0 Å². The SMILES string of the molecule is CCc1nnsc1C(=O)N1CCCCCC1CC(O)c1ccco1. The van der Waals surface area contributed by atoms with Crippen molar-refractivity contribution < 1.29 is 14.3 Å². The number of amides is 1. The summed E-state index contributed by atoms with van der Waals surface area (Å²) in [6.45, 7) is 2.70. The number of carbonyl (C=O) groups is 1. The maximum absolute atomic E-state index is 13.0. The van der Waals surface area contributed by atoms with Crippen LogP contribution in [-0.2, 0) is 6.42 Å². The lowest BCUT2D eigenvalue weighted by Crippen LogP contribution is -2.41. The number of rotatable bonds is 5. The van der Waals surface area contributed by atoms with Crippen molar-refractivity contribution in [3.8, 4) is 0 Å². The number of aromatic nitrogens is 2. The fraction of sp³-hybridized carbons (Fsp3) is 0.588. The molecular formula is C17H23N3O3S. The van der Waals surface area contributed by atoms with Gasteiger partial charge in [-0.3, -0.25) is 4.79 Å². The topological polar surface area (TPSA) is 79.5 Å². The summed E-state index contributed by atoms with van der Waals surface area (Å²) in [6.07, 6.45) is 6.14. The van der Waals surface area contributed by atoms with Crippen LogP contribution >= 0.6 is 11.5 Å². The van der Waals surface area contributed by atoms with Gasteiger partial charge in [0.1, 0.15) is 16.7 Å². The molecule has 0 aromatic carbocycles. The molecule has 24 heavy (non-hydrogen) atoms. The Balaban J connectivity index is 1.78. The molecule has 2 aromatic heterocycles. The summed E-state index contributed by atoms with van der Waals surface area (Å²) in [4.78, 5) is 15.6. The van der Waals surface area contributed by atoms with Crippen LogP contribution in [0.5, 0.6) is 0 Å². The number of aryl methyl sites for hydroxylation is 1. The lowest BCUT2D eigenvalue weighted by molar-refractivity contribution is 0.0560. The van der Waals surface area contributed by atoms with E-state index in [0.29, 0.717) is 23.5 Å². The lowest BCUT2D eigenvalue weighted by atomic mass is 10.0. The number of hydrogen-bond donors (Lipinski definition) is 1. The van der Waals surface area contributed by atoms with Gasteiger partial charge in [0.05, 0.1) is 12.0 Å². The van der Waals surface area contributed by atoms with Gasteiger partial charge in [0, 0.05) is 19.0 Å². The molecule has 2 atom stereocenters. The molecule has 1 N–H and O–H groups in total. The van der Waals surface area contributed by atoms with Crippen LogP contribution in [0.3, 0.4) is 0 Å². The van der Waals surface area contributed by atoms with Gasteiger partial charge in [0.25, 0.3) is 5.91 Å². The van der Waals surface area contributed by atoms with E-state index in [9.17, 15) is 9.90 Å². The highest BCUT2D eigenvalue weighted by molar-refractivity contribution is 7.08. The molecule has 6 nitrogen and oxygen atoms in total. The van der Waals surface area contributed by atoms with Crippen LogP contribution in [0.25, 0.3) is 0 Å². The summed E-state index contributed by atoms with van der Waals surface area (Å²) in [5, 5.41) is 14.5. The van der Waals surface area contributed by atoms with Gasteiger partial charge in [0.15, 0.2) is 0 Å². The molecule has 0 aliphatic carbocycles. The second-order valence-electron chi connectivity index (χ2n) is 6.17. The standard InChI is InChI=1S/C17H23N3O3S/c1-2-13-16(24-19-18-13)17(22)20-9-5-3-4-7-12(20)11-14(21)15-8-6-10-23-15/h6,8,10,12,14,21H,2-5,7,9,11H2,1H3. The van der Waals surface area contributed by atoms with Gasteiger partial charge in [-0.1, -0.05) is 24.3 Å². The predicted octanol–water partition coefficient (Wildman–Crippen LogP) is 3.20. The third-order valence-corrected chi connectivity index (χ3v) is 5.35. The quantitative estimate of drug-likeness (QED) is 0.897. The van der Waals surface area contributed by atoms with E-state index < -0.39 is 6.10 Å². The van der Waals surface area contributed by atoms with Crippen LogP contribution in [0.2, 0.25) is 0 Å². The Morgan fingerprint density at radius 3 is 3.12 bits per heavy atom. The van der Waals surface area contributed by atoms with Crippen molar-refractivity contribution >= 4 is 17.4 Å². The first-order valence-corrected chi connectivity index (χ1v) is 9.31. The fourth-order valence-electron chi connectivity index (χ4n) is 3.28. The zero-order chi connectivity index (χ0) is 16.9. The molecule has 2 unspecified atom stereocenters. The Kier molecular flexibility index (Phi) is 5.63. The number of carbonyl (C=O) groups excluding carboxylic acids is 1. The Bertz CT molecular complexity index is 656. The first-order valence-electron chi connectivity index (χ1n) is 8.54. The molecule has 1 fully saturated rings. The highest BCUT2D eigenvalue weighted by atomic mass is 32.1. The summed E-state index contributed by atoms with van der Waals surface area (Å²) < 4.78 is 9.24. The second-order valence-corrected chi connectivity index (χ2v) is 6.93. The van der Waals surface area contributed by atoms with Gasteiger partial charge < -0.3 is 14.4 Å². The van der Waals surface area contributed by atoms with Gasteiger partial charge in [-0.2, -0.15) is 0 Å². The molecule has 0 spiro atoms. The van der Waals surface area contributed by atoms with E-state index in [-0.39, 0.29) is 11.9 Å². The van der Waals surface area contributed by atoms with E-state index in [1.807, 2.05) is 11.8 Å². The van der Waals surface area contributed by atoms with E-state index >= 15 is 0 Å². The number of likely N-dealkylation sites (tertiary alicyclic amines) is 1. The molecule has 130 valence electrons. The van der Waals surface area contributed by atoms with Crippen molar-refractivity contribution in [3.63, 3.8) is 0 Å². The van der Waals surface area contributed by atoms with Gasteiger partial charge in [0.2, 0.25) is 0 Å². The third-order valence-electron chi connectivity index (χ3n) is 4.59. The van der Waals surface area contributed by atoms with Crippen molar-refractivity contribution in [2.45, 2.75) is 57.6 Å². The maximum Gasteiger partial charge on any atom is 0.267 e. The number of hydrogen-bond acceptors (Lipinski definition) is 6. The highest BCUT2D eigenvalue weighted by Crippen LogP contribution is 2.28. The van der Waals surface area contributed by atoms with Crippen LogP contribution in [0.4, 0.5) is 0 Å². The highest BCUT2D eigenvalue weighted by Gasteiger charge is 2.31. The molecule has 0 bridgehead atoms. The molecule has 1 saturated heterocycles. The Morgan fingerprint density at radius 2 is 2.38 bits per heavy atom. The zero-order valence-corrected chi connectivity index (χ0v) is 14.7. The van der Waals surface area contributed by atoms with Gasteiger partial charge >= 0.3 is 0 Å². The van der Waals surface area contributed by atoms with Crippen LogP contribution in [0, 0.1) is 0 Å². The van der Waals surface area contributed by atoms with E-state index in [4.69, 9.17) is 4.42 Å². The monoisotopic (exact) mass is 349 g/mol. The molecule has 1 aliphatic heterocycles.